The predicted octanol–water partition coefficient (Wildman–Crippen LogP) is 3.64. The van der Waals surface area contributed by atoms with E-state index in [0.29, 0.717) is 11.5 Å². The summed E-state index contributed by atoms with van der Waals surface area (Å²) >= 11 is 0. The van der Waals surface area contributed by atoms with Gasteiger partial charge in [-0.1, -0.05) is 35.5 Å². The third-order valence-corrected chi connectivity index (χ3v) is 6.43. The van der Waals surface area contributed by atoms with Crippen LogP contribution in [0, 0.1) is 5.41 Å². The molecule has 1 aliphatic carbocycles. The Bertz CT molecular complexity index is 932. The number of imidazole rings is 1. The molecule has 1 saturated carbocycles. The van der Waals surface area contributed by atoms with Gasteiger partial charge >= 0.3 is 0 Å². The van der Waals surface area contributed by atoms with Gasteiger partial charge in [-0.3, -0.25) is 4.90 Å². The van der Waals surface area contributed by atoms with Crippen molar-refractivity contribution in [2.45, 2.75) is 38.4 Å². The minimum absolute atomic E-state index is 0. The van der Waals surface area contributed by atoms with Crippen molar-refractivity contribution in [1.82, 2.24) is 24.9 Å². The molecule has 1 atom stereocenters. The Kier molecular flexibility index (Phi) is 5.76. The number of hydrogen-bond donors (Lipinski definition) is 1. The third-order valence-electron chi connectivity index (χ3n) is 6.43. The van der Waals surface area contributed by atoms with Crippen LogP contribution in [0.4, 0.5) is 0 Å². The molecule has 1 N–H and O–H groups in total. The monoisotopic (exact) mass is 413 g/mol. The Balaban J connectivity index is 0.00000205. The maximum absolute atomic E-state index is 5.64. The number of halogens is 1. The van der Waals surface area contributed by atoms with E-state index in [4.69, 9.17) is 4.52 Å². The lowest BCUT2D eigenvalue weighted by atomic mass is 9.93. The summed E-state index contributed by atoms with van der Waals surface area (Å²) in [6.07, 6.45) is 7.71. The molecule has 7 heteroatoms. The first-order valence-corrected chi connectivity index (χ1v) is 10.2. The number of rotatable bonds is 6. The number of benzene rings is 1. The lowest BCUT2D eigenvalue weighted by Gasteiger charge is -2.29. The first-order chi connectivity index (χ1) is 13.7. The van der Waals surface area contributed by atoms with Crippen LogP contribution in [0.5, 0.6) is 0 Å². The van der Waals surface area contributed by atoms with Crippen molar-refractivity contribution in [2.24, 2.45) is 12.5 Å². The average molecular weight is 414 g/mol. The van der Waals surface area contributed by atoms with Gasteiger partial charge in [-0.25, -0.2) is 4.98 Å². The molecular weight excluding hydrogens is 386 g/mol. The summed E-state index contributed by atoms with van der Waals surface area (Å²) in [6, 6.07) is 12.9. The molecule has 1 spiro atoms. The van der Waals surface area contributed by atoms with E-state index in [1.165, 1.54) is 19.3 Å². The normalized spacial score (nSPS) is 20.0. The standard InChI is InChI=1S/C22H27N5O.ClH/c1-26-12-11-24-21(26)16-27(20-14-22(20)7-9-23-10-8-22)15-18-13-19(28-25-18)17-5-3-2-4-6-17;/h2-6,11-13,20,23H,7-10,14-16H2,1H3;1H. The van der Waals surface area contributed by atoms with Gasteiger partial charge in [0.15, 0.2) is 5.76 Å². The van der Waals surface area contributed by atoms with Crippen molar-refractivity contribution in [1.29, 1.82) is 0 Å². The van der Waals surface area contributed by atoms with Crippen molar-refractivity contribution in [3.63, 3.8) is 0 Å². The van der Waals surface area contributed by atoms with E-state index < -0.39 is 0 Å². The minimum atomic E-state index is 0. The zero-order valence-corrected chi connectivity index (χ0v) is 17.6. The molecule has 0 radical (unpaired) electrons. The quantitative estimate of drug-likeness (QED) is 0.668. The third kappa shape index (κ3) is 4.10. The predicted molar refractivity (Wildman–Crippen MR) is 115 cm³/mol. The van der Waals surface area contributed by atoms with Gasteiger partial charge in [0, 0.05) is 43.7 Å². The Morgan fingerprint density at radius 1 is 1.21 bits per heavy atom. The Morgan fingerprint density at radius 3 is 2.72 bits per heavy atom. The van der Waals surface area contributed by atoms with E-state index in [1.54, 1.807) is 0 Å². The topological polar surface area (TPSA) is 59.1 Å². The molecule has 3 aromatic rings. The second kappa shape index (κ2) is 8.30. The van der Waals surface area contributed by atoms with E-state index >= 15 is 0 Å². The molecule has 3 heterocycles. The number of nitrogens with one attached hydrogen (secondary N) is 1. The largest absolute Gasteiger partial charge is 0.356 e. The van der Waals surface area contributed by atoms with Gasteiger partial charge in [0.05, 0.1) is 12.2 Å². The molecule has 1 aromatic carbocycles. The summed E-state index contributed by atoms with van der Waals surface area (Å²) in [7, 11) is 2.07. The summed E-state index contributed by atoms with van der Waals surface area (Å²) < 4.78 is 7.75. The molecule has 29 heavy (non-hydrogen) atoms. The zero-order chi connectivity index (χ0) is 19.0. The summed E-state index contributed by atoms with van der Waals surface area (Å²) in [6.45, 7) is 3.91. The van der Waals surface area contributed by atoms with Crippen LogP contribution in [0.1, 0.15) is 30.8 Å². The van der Waals surface area contributed by atoms with Crippen LogP contribution in [0.2, 0.25) is 0 Å². The van der Waals surface area contributed by atoms with Crippen LogP contribution in [0.15, 0.2) is 53.3 Å². The molecule has 2 fully saturated rings. The molecule has 154 valence electrons. The van der Waals surface area contributed by atoms with Gasteiger partial charge in [-0.15, -0.1) is 12.4 Å². The van der Waals surface area contributed by atoms with Gasteiger partial charge in [-0.2, -0.15) is 0 Å². The van der Waals surface area contributed by atoms with Crippen molar-refractivity contribution < 1.29 is 4.52 Å². The lowest BCUT2D eigenvalue weighted by molar-refractivity contribution is 0.178. The number of piperidine rings is 1. The van der Waals surface area contributed by atoms with Gasteiger partial charge < -0.3 is 14.4 Å². The number of nitrogens with zero attached hydrogens (tertiary/aromatic N) is 4. The summed E-state index contributed by atoms with van der Waals surface area (Å²) in [4.78, 5) is 7.11. The van der Waals surface area contributed by atoms with Gasteiger partial charge in [-0.05, 0) is 37.8 Å². The van der Waals surface area contributed by atoms with Gasteiger partial charge in [0.2, 0.25) is 0 Å². The maximum atomic E-state index is 5.64. The highest BCUT2D eigenvalue weighted by Crippen LogP contribution is 2.56. The minimum Gasteiger partial charge on any atom is -0.356 e. The van der Waals surface area contributed by atoms with E-state index in [1.807, 2.05) is 30.6 Å². The van der Waals surface area contributed by atoms with E-state index in [2.05, 4.69) is 50.2 Å². The van der Waals surface area contributed by atoms with Crippen LogP contribution >= 0.6 is 12.4 Å². The second-order valence-electron chi connectivity index (χ2n) is 8.24. The lowest BCUT2D eigenvalue weighted by Crippen LogP contribution is -2.36. The van der Waals surface area contributed by atoms with Crippen LogP contribution < -0.4 is 5.32 Å². The van der Waals surface area contributed by atoms with Crippen molar-refractivity contribution >= 4 is 12.4 Å². The zero-order valence-electron chi connectivity index (χ0n) is 16.8. The highest BCUT2D eigenvalue weighted by molar-refractivity contribution is 5.85. The summed E-state index contributed by atoms with van der Waals surface area (Å²) in [5.74, 6) is 1.93. The smallest absolute Gasteiger partial charge is 0.167 e. The first-order valence-electron chi connectivity index (χ1n) is 10.2. The molecular formula is C22H28ClN5O. The Labute approximate surface area is 177 Å². The molecule has 1 unspecified atom stereocenters. The number of hydrogen-bond acceptors (Lipinski definition) is 5. The Morgan fingerprint density at radius 2 is 2.00 bits per heavy atom. The maximum Gasteiger partial charge on any atom is 0.167 e. The van der Waals surface area contributed by atoms with Crippen LogP contribution in [0.25, 0.3) is 11.3 Å². The van der Waals surface area contributed by atoms with Crippen molar-refractivity contribution in [2.75, 3.05) is 13.1 Å². The molecule has 2 aliphatic rings. The van der Waals surface area contributed by atoms with Crippen LogP contribution in [-0.2, 0) is 20.1 Å². The molecule has 1 aliphatic heterocycles. The fourth-order valence-electron chi connectivity index (χ4n) is 4.64. The van der Waals surface area contributed by atoms with Crippen LogP contribution in [0.3, 0.4) is 0 Å². The summed E-state index contributed by atoms with van der Waals surface area (Å²) in [5.41, 5.74) is 2.53. The number of aryl methyl sites for hydroxylation is 1. The molecule has 0 amide bonds. The van der Waals surface area contributed by atoms with Gasteiger partial charge in [0.25, 0.3) is 0 Å². The molecule has 6 nitrogen and oxygen atoms in total. The summed E-state index contributed by atoms with van der Waals surface area (Å²) in [5, 5.41) is 7.87. The molecule has 2 aromatic heterocycles. The molecule has 1 saturated heterocycles. The second-order valence-corrected chi connectivity index (χ2v) is 8.24. The first kappa shape index (κ1) is 20.1. The van der Waals surface area contributed by atoms with Crippen molar-refractivity contribution in [3.8, 4) is 11.3 Å². The molecule has 0 bridgehead atoms. The SMILES string of the molecule is Cl.Cn1ccnc1CN(Cc1cc(-c2ccccc2)on1)C1CC12CCNCC2. The highest BCUT2D eigenvalue weighted by atomic mass is 35.5. The van der Waals surface area contributed by atoms with Crippen molar-refractivity contribution in [3.05, 3.63) is 60.3 Å². The Hall–Kier alpha value is -2.15. The number of aromatic nitrogens is 3. The average Bonchev–Trinajstić information content (AvgIpc) is 3.06. The fourth-order valence-corrected chi connectivity index (χ4v) is 4.64. The van der Waals surface area contributed by atoms with E-state index in [9.17, 15) is 0 Å². The van der Waals surface area contributed by atoms with Crippen LogP contribution in [-0.4, -0.2) is 38.7 Å². The van der Waals surface area contributed by atoms with Gasteiger partial charge in [0.1, 0.15) is 5.82 Å². The fraction of sp³-hybridized carbons (Fsp3) is 0.455. The van der Waals surface area contributed by atoms with E-state index in [0.717, 1.165) is 49.0 Å². The molecule has 5 rings (SSSR count). The van der Waals surface area contributed by atoms with E-state index in [-0.39, 0.29) is 12.4 Å². The highest BCUT2D eigenvalue weighted by Gasteiger charge is 2.56.